The fourth-order valence-electron chi connectivity index (χ4n) is 1.25. The van der Waals surface area contributed by atoms with E-state index in [0.29, 0.717) is 5.82 Å². The molecule has 2 rings (SSSR count). The Morgan fingerprint density at radius 2 is 1.76 bits per heavy atom. The smallest absolute Gasteiger partial charge is 0.262 e. The maximum absolute atomic E-state index is 12.0. The Labute approximate surface area is 113 Å². The van der Waals surface area contributed by atoms with Gasteiger partial charge in [-0.3, -0.25) is 4.72 Å². The highest BCUT2D eigenvalue weighted by Crippen LogP contribution is 2.18. The maximum atomic E-state index is 12.0. The van der Waals surface area contributed by atoms with E-state index in [1.165, 1.54) is 12.1 Å². The van der Waals surface area contributed by atoms with Gasteiger partial charge in [0.15, 0.2) is 5.82 Å². The second kappa shape index (κ2) is 5.01. The van der Waals surface area contributed by atoms with Crippen molar-refractivity contribution < 1.29 is 8.42 Å². The molecule has 0 aliphatic carbocycles. The molecule has 0 spiro atoms. The molecular formula is C11H9IN2O2S. The summed E-state index contributed by atoms with van der Waals surface area (Å²) in [5, 5.41) is 0. The van der Waals surface area contributed by atoms with Crippen LogP contribution in [-0.2, 0) is 10.0 Å². The molecule has 0 aliphatic rings. The van der Waals surface area contributed by atoms with Crippen LogP contribution in [-0.4, -0.2) is 13.4 Å². The summed E-state index contributed by atoms with van der Waals surface area (Å²) in [6.45, 7) is 0. The van der Waals surface area contributed by atoms with Gasteiger partial charge in [-0.1, -0.05) is 18.2 Å². The molecule has 0 aliphatic heterocycles. The van der Waals surface area contributed by atoms with Gasteiger partial charge in [-0.2, -0.15) is 0 Å². The molecule has 6 heteroatoms. The first-order valence-corrected chi connectivity index (χ1v) is 7.34. The molecule has 0 saturated heterocycles. The summed E-state index contributed by atoms with van der Waals surface area (Å²) in [7, 11) is -3.55. The molecule has 88 valence electrons. The number of pyridine rings is 1. The van der Waals surface area contributed by atoms with E-state index in [1.54, 1.807) is 36.5 Å². The summed E-state index contributed by atoms with van der Waals surface area (Å²) >= 11 is 2.03. The van der Waals surface area contributed by atoms with Crippen LogP contribution in [0.15, 0.2) is 53.6 Å². The van der Waals surface area contributed by atoms with Crippen LogP contribution in [0.1, 0.15) is 0 Å². The van der Waals surface area contributed by atoms with Gasteiger partial charge in [-0.25, -0.2) is 13.4 Å². The van der Waals surface area contributed by atoms with Gasteiger partial charge < -0.3 is 0 Å². The van der Waals surface area contributed by atoms with Gasteiger partial charge in [0.25, 0.3) is 10.0 Å². The molecule has 4 nitrogen and oxygen atoms in total. The Balaban J connectivity index is 2.34. The average molecular weight is 360 g/mol. The molecule has 1 aromatic carbocycles. The van der Waals surface area contributed by atoms with Crippen molar-refractivity contribution in [3.63, 3.8) is 0 Å². The third kappa shape index (κ3) is 2.95. The van der Waals surface area contributed by atoms with Gasteiger partial charge in [-0.15, -0.1) is 0 Å². The number of hydrogen-bond donors (Lipinski definition) is 1. The third-order valence-corrected chi connectivity index (χ3v) is 4.27. The number of halogens is 1. The topological polar surface area (TPSA) is 59.1 Å². The Kier molecular flexibility index (Phi) is 3.63. The van der Waals surface area contributed by atoms with Gasteiger partial charge in [0.2, 0.25) is 0 Å². The lowest BCUT2D eigenvalue weighted by atomic mass is 10.4. The van der Waals surface area contributed by atoms with Crippen molar-refractivity contribution in [2.45, 2.75) is 4.90 Å². The van der Waals surface area contributed by atoms with E-state index in [1.807, 2.05) is 22.6 Å². The molecule has 1 aromatic heterocycles. The Morgan fingerprint density at radius 1 is 1.06 bits per heavy atom. The molecule has 1 heterocycles. The minimum absolute atomic E-state index is 0.224. The van der Waals surface area contributed by atoms with E-state index in [4.69, 9.17) is 0 Å². The number of anilines is 1. The van der Waals surface area contributed by atoms with Crippen LogP contribution in [0, 0.1) is 3.57 Å². The predicted molar refractivity (Wildman–Crippen MR) is 74.2 cm³/mol. The summed E-state index contributed by atoms with van der Waals surface area (Å²) in [5.74, 6) is 0.344. The van der Waals surface area contributed by atoms with Crippen LogP contribution in [0.5, 0.6) is 0 Å². The lowest BCUT2D eigenvalue weighted by Crippen LogP contribution is -2.14. The molecule has 17 heavy (non-hydrogen) atoms. The number of benzene rings is 1. The highest BCUT2D eigenvalue weighted by atomic mass is 127. The fraction of sp³-hybridized carbons (Fsp3) is 0. The largest absolute Gasteiger partial charge is 0.263 e. The van der Waals surface area contributed by atoms with E-state index in [-0.39, 0.29) is 4.90 Å². The molecule has 0 saturated carbocycles. The fourth-order valence-corrected chi connectivity index (χ4v) is 2.96. The molecule has 0 unspecified atom stereocenters. The quantitative estimate of drug-likeness (QED) is 0.856. The zero-order chi connectivity index (χ0) is 12.3. The number of rotatable bonds is 3. The lowest BCUT2D eigenvalue weighted by molar-refractivity contribution is 0.601. The van der Waals surface area contributed by atoms with E-state index < -0.39 is 10.0 Å². The zero-order valence-electron chi connectivity index (χ0n) is 8.67. The monoisotopic (exact) mass is 360 g/mol. The van der Waals surface area contributed by atoms with Gasteiger partial charge in [0.05, 0.1) is 8.47 Å². The second-order valence-electron chi connectivity index (χ2n) is 3.25. The standard InChI is InChI=1S/C11H9IN2O2S/c12-10-7-4-8-13-11(10)14-17(15,16)9-5-2-1-3-6-9/h1-8H,(H,13,14). The first kappa shape index (κ1) is 12.3. The lowest BCUT2D eigenvalue weighted by Gasteiger charge is -2.08. The Bertz CT molecular complexity index is 614. The first-order valence-electron chi connectivity index (χ1n) is 4.78. The molecule has 0 fully saturated rings. The molecular weight excluding hydrogens is 351 g/mol. The van der Waals surface area contributed by atoms with Gasteiger partial charge >= 0.3 is 0 Å². The summed E-state index contributed by atoms with van der Waals surface area (Å²) < 4.78 is 27.2. The first-order chi connectivity index (χ1) is 8.09. The van der Waals surface area contributed by atoms with Crippen LogP contribution in [0.4, 0.5) is 5.82 Å². The predicted octanol–water partition coefficient (Wildman–Crippen LogP) is 2.49. The highest BCUT2D eigenvalue weighted by molar-refractivity contribution is 14.1. The summed E-state index contributed by atoms with van der Waals surface area (Å²) in [5.41, 5.74) is 0. The molecule has 0 radical (unpaired) electrons. The third-order valence-electron chi connectivity index (χ3n) is 2.04. The molecule has 0 atom stereocenters. The number of nitrogens with zero attached hydrogens (tertiary/aromatic N) is 1. The summed E-state index contributed by atoms with van der Waals surface area (Å²) in [6.07, 6.45) is 1.55. The van der Waals surface area contributed by atoms with Gasteiger partial charge in [0, 0.05) is 6.20 Å². The molecule has 2 aromatic rings. The van der Waals surface area contributed by atoms with Crippen molar-refractivity contribution in [1.29, 1.82) is 0 Å². The van der Waals surface area contributed by atoms with Crippen LogP contribution < -0.4 is 4.72 Å². The van der Waals surface area contributed by atoms with Crippen LogP contribution in [0.2, 0.25) is 0 Å². The molecule has 0 amide bonds. The number of sulfonamides is 1. The van der Waals surface area contributed by atoms with Gasteiger partial charge in [0.1, 0.15) is 0 Å². The van der Waals surface area contributed by atoms with Crippen LogP contribution in [0.25, 0.3) is 0 Å². The number of aromatic nitrogens is 1. The highest BCUT2D eigenvalue weighted by Gasteiger charge is 2.15. The SMILES string of the molecule is O=S(=O)(Nc1ncccc1I)c1ccccc1. The second-order valence-corrected chi connectivity index (χ2v) is 6.10. The van der Waals surface area contributed by atoms with Crippen molar-refractivity contribution in [2.75, 3.05) is 4.72 Å². The van der Waals surface area contributed by atoms with Crippen molar-refractivity contribution in [2.24, 2.45) is 0 Å². The maximum Gasteiger partial charge on any atom is 0.263 e. The van der Waals surface area contributed by atoms with Gasteiger partial charge in [-0.05, 0) is 46.9 Å². The average Bonchev–Trinajstić information content (AvgIpc) is 2.33. The minimum atomic E-state index is -3.55. The van der Waals surface area contributed by atoms with E-state index in [9.17, 15) is 8.42 Å². The summed E-state index contributed by atoms with van der Waals surface area (Å²) in [4.78, 5) is 4.21. The van der Waals surface area contributed by atoms with Crippen LogP contribution in [0.3, 0.4) is 0 Å². The van der Waals surface area contributed by atoms with E-state index >= 15 is 0 Å². The van der Waals surface area contributed by atoms with Crippen molar-refractivity contribution in [1.82, 2.24) is 4.98 Å². The Morgan fingerprint density at radius 3 is 2.41 bits per heavy atom. The number of hydrogen-bond acceptors (Lipinski definition) is 3. The molecule has 1 N–H and O–H groups in total. The summed E-state index contributed by atoms with van der Waals surface area (Å²) in [6, 6.07) is 11.7. The zero-order valence-corrected chi connectivity index (χ0v) is 11.6. The molecule has 0 bridgehead atoms. The van der Waals surface area contributed by atoms with Crippen LogP contribution >= 0.6 is 22.6 Å². The normalized spacial score (nSPS) is 11.1. The number of nitrogens with one attached hydrogen (secondary N) is 1. The van der Waals surface area contributed by atoms with Crippen molar-refractivity contribution in [3.8, 4) is 0 Å². The minimum Gasteiger partial charge on any atom is -0.262 e. The Hall–Kier alpha value is -1.15. The van der Waals surface area contributed by atoms with Crippen molar-refractivity contribution in [3.05, 3.63) is 52.2 Å². The van der Waals surface area contributed by atoms with E-state index in [2.05, 4.69) is 9.71 Å². The van der Waals surface area contributed by atoms with E-state index in [0.717, 1.165) is 3.57 Å². The van der Waals surface area contributed by atoms with Crippen molar-refractivity contribution >= 4 is 38.4 Å².